The number of carbonyl (C=O) groups is 2. The zero-order chi connectivity index (χ0) is 21.5. The molecule has 0 bridgehead atoms. The van der Waals surface area contributed by atoms with Gasteiger partial charge in [0.2, 0.25) is 6.79 Å². The Labute approximate surface area is 174 Å². The van der Waals surface area contributed by atoms with Gasteiger partial charge < -0.3 is 29.0 Å². The minimum atomic E-state index is -0.644. The highest BCUT2D eigenvalue weighted by Gasteiger charge is 2.17. The van der Waals surface area contributed by atoms with Crippen molar-refractivity contribution in [2.24, 2.45) is 0 Å². The summed E-state index contributed by atoms with van der Waals surface area (Å²) in [6.45, 7) is 2.52. The number of likely N-dealkylation sites (N-methyl/N-ethyl adjacent to an activating group) is 1. The Hall–Kier alpha value is -3.68. The standard InChI is InChI=1S/C22H23NO7/c1-3-23(12-16-5-8-18-20(11-16)30-14-29-18)21(25)13-28-22(26)9-6-15-4-7-17(24)19(10-15)27-2/h4-11,24H,3,12-14H2,1-2H3/b9-6+. The second-order valence-electron chi connectivity index (χ2n) is 6.47. The van der Waals surface area contributed by atoms with Crippen LogP contribution in [0.1, 0.15) is 18.1 Å². The molecule has 0 radical (unpaired) electrons. The number of rotatable bonds is 8. The van der Waals surface area contributed by atoms with Gasteiger partial charge in [-0.15, -0.1) is 0 Å². The number of esters is 1. The fraction of sp³-hybridized carbons (Fsp3) is 0.273. The molecule has 8 heteroatoms. The van der Waals surface area contributed by atoms with Crippen molar-refractivity contribution < 1.29 is 33.6 Å². The SMILES string of the molecule is CCN(Cc1ccc2c(c1)OCO2)C(=O)COC(=O)/C=C/c1ccc(O)c(OC)c1. The van der Waals surface area contributed by atoms with E-state index in [9.17, 15) is 14.7 Å². The number of amides is 1. The summed E-state index contributed by atoms with van der Waals surface area (Å²) in [4.78, 5) is 26.0. The Kier molecular flexibility index (Phi) is 6.79. The number of aromatic hydroxyl groups is 1. The monoisotopic (exact) mass is 413 g/mol. The fourth-order valence-electron chi connectivity index (χ4n) is 2.87. The molecule has 3 rings (SSSR count). The molecule has 2 aromatic rings. The van der Waals surface area contributed by atoms with Crippen LogP contribution >= 0.6 is 0 Å². The first-order chi connectivity index (χ1) is 14.5. The summed E-state index contributed by atoms with van der Waals surface area (Å²) in [5.74, 6) is 0.684. The highest BCUT2D eigenvalue weighted by Crippen LogP contribution is 2.32. The van der Waals surface area contributed by atoms with Gasteiger partial charge in [-0.3, -0.25) is 4.79 Å². The Morgan fingerprint density at radius 2 is 1.97 bits per heavy atom. The van der Waals surface area contributed by atoms with Crippen LogP contribution in [0.3, 0.4) is 0 Å². The Bertz CT molecular complexity index is 954. The van der Waals surface area contributed by atoms with Crippen LogP contribution in [0.25, 0.3) is 6.08 Å². The molecular weight excluding hydrogens is 390 g/mol. The van der Waals surface area contributed by atoms with E-state index in [1.807, 2.05) is 19.1 Å². The van der Waals surface area contributed by atoms with Crippen LogP contribution in [0.15, 0.2) is 42.5 Å². The highest BCUT2D eigenvalue weighted by atomic mass is 16.7. The van der Waals surface area contributed by atoms with Crippen LogP contribution < -0.4 is 14.2 Å². The van der Waals surface area contributed by atoms with E-state index in [1.165, 1.54) is 25.3 Å². The molecule has 0 saturated heterocycles. The summed E-state index contributed by atoms with van der Waals surface area (Å²) in [7, 11) is 1.44. The second kappa shape index (κ2) is 9.69. The van der Waals surface area contributed by atoms with Crippen LogP contribution in [-0.4, -0.2) is 48.9 Å². The topological polar surface area (TPSA) is 94.5 Å². The predicted molar refractivity (Wildman–Crippen MR) is 108 cm³/mol. The van der Waals surface area contributed by atoms with E-state index < -0.39 is 5.97 Å². The quantitative estimate of drug-likeness (QED) is 0.525. The van der Waals surface area contributed by atoms with Crippen molar-refractivity contribution in [3.05, 3.63) is 53.6 Å². The maximum atomic E-state index is 12.4. The van der Waals surface area contributed by atoms with Gasteiger partial charge in [0, 0.05) is 19.2 Å². The number of benzene rings is 2. The lowest BCUT2D eigenvalue weighted by atomic mass is 10.2. The summed E-state index contributed by atoms with van der Waals surface area (Å²) in [6.07, 6.45) is 2.73. The number of phenolic OH excluding ortho intramolecular Hbond substituents is 1. The van der Waals surface area contributed by atoms with Gasteiger partial charge in [-0.2, -0.15) is 0 Å². The minimum Gasteiger partial charge on any atom is -0.504 e. The van der Waals surface area contributed by atoms with Crippen LogP contribution in [-0.2, 0) is 20.9 Å². The third kappa shape index (κ3) is 5.22. The van der Waals surface area contributed by atoms with Crippen LogP contribution in [0, 0.1) is 0 Å². The van der Waals surface area contributed by atoms with E-state index in [1.54, 1.807) is 23.1 Å². The first-order valence-corrected chi connectivity index (χ1v) is 9.38. The van der Waals surface area contributed by atoms with Crippen molar-refractivity contribution in [3.63, 3.8) is 0 Å². The molecule has 8 nitrogen and oxygen atoms in total. The number of ether oxygens (including phenoxy) is 4. The number of methoxy groups -OCH3 is 1. The molecule has 0 aromatic heterocycles. The number of carbonyl (C=O) groups excluding carboxylic acids is 2. The summed E-state index contributed by atoms with van der Waals surface area (Å²) in [5.41, 5.74) is 1.54. The van der Waals surface area contributed by atoms with Gasteiger partial charge in [-0.25, -0.2) is 4.79 Å². The highest BCUT2D eigenvalue weighted by molar-refractivity contribution is 5.89. The molecule has 158 valence electrons. The van der Waals surface area contributed by atoms with Gasteiger partial charge in [-0.1, -0.05) is 12.1 Å². The van der Waals surface area contributed by atoms with Crippen LogP contribution in [0.2, 0.25) is 0 Å². The Balaban J connectivity index is 1.52. The van der Waals surface area contributed by atoms with E-state index >= 15 is 0 Å². The minimum absolute atomic E-state index is 0.00457. The van der Waals surface area contributed by atoms with Crippen molar-refractivity contribution in [1.29, 1.82) is 0 Å². The van der Waals surface area contributed by atoms with Gasteiger partial charge in [0.15, 0.2) is 29.6 Å². The fourth-order valence-corrected chi connectivity index (χ4v) is 2.87. The largest absolute Gasteiger partial charge is 0.504 e. The molecule has 1 N–H and O–H groups in total. The molecule has 30 heavy (non-hydrogen) atoms. The van der Waals surface area contributed by atoms with Gasteiger partial charge >= 0.3 is 5.97 Å². The Morgan fingerprint density at radius 3 is 2.73 bits per heavy atom. The molecule has 0 saturated carbocycles. The molecule has 0 atom stereocenters. The number of phenols is 1. The van der Waals surface area contributed by atoms with Gasteiger partial charge in [0.1, 0.15) is 0 Å². The van der Waals surface area contributed by atoms with E-state index in [0.29, 0.717) is 35.9 Å². The first kappa shape index (κ1) is 21.0. The van der Waals surface area contributed by atoms with E-state index in [4.69, 9.17) is 18.9 Å². The molecule has 1 aliphatic heterocycles. The normalized spacial score (nSPS) is 12.1. The van der Waals surface area contributed by atoms with Crippen molar-refractivity contribution in [2.75, 3.05) is 27.1 Å². The van der Waals surface area contributed by atoms with Crippen molar-refractivity contribution >= 4 is 18.0 Å². The molecule has 0 unspecified atom stereocenters. The lowest BCUT2D eigenvalue weighted by Gasteiger charge is -2.20. The summed E-state index contributed by atoms with van der Waals surface area (Å²) >= 11 is 0. The number of fused-ring (bicyclic) bond motifs is 1. The maximum absolute atomic E-state index is 12.4. The zero-order valence-corrected chi connectivity index (χ0v) is 16.8. The smallest absolute Gasteiger partial charge is 0.331 e. The zero-order valence-electron chi connectivity index (χ0n) is 16.8. The third-order valence-electron chi connectivity index (χ3n) is 4.50. The first-order valence-electron chi connectivity index (χ1n) is 9.38. The molecule has 0 aliphatic carbocycles. The van der Waals surface area contributed by atoms with Crippen molar-refractivity contribution in [2.45, 2.75) is 13.5 Å². The van der Waals surface area contributed by atoms with Crippen LogP contribution in [0.5, 0.6) is 23.0 Å². The van der Waals surface area contributed by atoms with Gasteiger partial charge in [0.25, 0.3) is 5.91 Å². The van der Waals surface area contributed by atoms with E-state index in [-0.39, 0.29) is 25.1 Å². The van der Waals surface area contributed by atoms with Crippen molar-refractivity contribution in [1.82, 2.24) is 4.90 Å². The average molecular weight is 413 g/mol. The molecule has 1 heterocycles. The third-order valence-corrected chi connectivity index (χ3v) is 4.50. The lowest BCUT2D eigenvalue weighted by molar-refractivity contribution is -0.148. The average Bonchev–Trinajstić information content (AvgIpc) is 3.23. The van der Waals surface area contributed by atoms with E-state index in [2.05, 4.69) is 0 Å². The maximum Gasteiger partial charge on any atom is 0.331 e. The summed E-state index contributed by atoms with van der Waals surface area (Å²) in [5, 5.41) is 9.59. The van der Waals surface area contributed by atoms with Crippen LogP contribution in [0.4, 0.5) is 0 Å². The lowest BCUT2D eigenvalue weighted by Crippen LogP contribution is -2.33. The number of hydrogen-bond acceptors (Lipinski definition) is 7. The number of hydrogen-bond donors (Lipinski definition) is 1. The van der Waals surface area contributed by atoms with E-state index in [0.717, 1.165) is 5.56 Å². The predicted octanol–water partition coefficient (Wildman–Crippen LogP) is 2.73. The summed E-state index contributed by atoms with van der Waals surface area (Å²) in [6, 6.07) is 10.2. The molecule has 1 aliphatic rings. The molecule has 0 spiro atoms. The molecule has 0 fully saturated rings. The van der Waals surface area contributed by atoms with Gasteiger partial charge in [-0.05, 0) is 48.4 Å². The molecule has 2 aromatic carbocycles. The summed E-state index contributed by atoms with van der Waals surface area (Å²) < 4.78 is 20.7. The Morgan fingerprint density at radius 1 is 1.17 bits per heavy atom. The van der Waals surface area contributed by atoms with Crippen molar-refractivity contribution in [3.8, 4) is 23.0 Å². The van der Waals surface area contributed by atoms with Gasteiger partial charge in [0.05, 0.1) is 7.11 Å². The second-order valence-corrected chi connectivity index (χ2v) is 6.47. The number of nitrogens with zero attached hydrogens (tertiary/aromatic N) is 1. The molecule has 1 amide bonds. The molecular formula is C22H23NO7.